The first-order valence-corrected chi connectivity index (χ1v) is 9.45. The van der Waals surface area contributed by atoms with Crippen molar-refractivity contribution in [3.05, 3.63) is 85.5 Å². The Morgan fingerprint density at radius 2 is 1.79 bits per heavy atom. The molecule has 1 atom stereocenters. The number of aryl methyl sites for hydroxylation is 1. The lowest BCUT2D eigenvalue weighted by atomic mass is 9.94. The van der Waals surface area contributed by atoms with Crippen LogP contribution in [-0.4, -0.2) is 19.2 Å². The molecule has 144 valence electrons. The summed E-state index contributed by atoms with van der Waals surface area (Å²) in [6, 6.07) is 14.6. The van der Waals surface area contributed by atoms with Crippen LogP contribution in [0.25, 0.3) is 33.4 Å². The van der Waals surface area contributed by atoms with E-state index in [-0.39, 0.29) is 11.0 Å². The largest absolute Gasteiger partial charge is 0.384 e. The average Bonchev–Trinajstić information content (AvgIpc) is 3.01. The molecule has 1 aliphatic carbocycles. The summed E-state index contributed by atoms with van der Waals surface area (Å²) in [5.74, 6) is 0. The Kier molecular flexibility index (Phi) is 3.78. The maximum absolute atomic E-state index is 13.2. The van der Waals surface area contributed by atoms with Crippen molar-refractivity contribution in [2.75, 3.05) is 0 Å². The quantitative estimate of drug-likeness (QED) is 0.528. The van der Waals surface area contributed by atoms with E-state index in [4.69, 9.17) is 11.6 Å². The number of aliphatic hydroxyl groups is 1. The van der Waals surface area contributed by atoms with Gasteiger partial charge in [-0.05, 0) is 23.3 Å². The third-order valence-corrected chi connectivity index (χ3v) is 5.76. The van der Waals surface area contributed by atoms with Gasteiger partial charge in [-0.3, -0.25) is 13.9 Å². The molecule has 6 nitrogen and oxygen atoms in total. The lowest BCUT2D eigenvalue weighted by Gasteiger charge is -2.17. The highest BCUT2D eigenvalue weighted by atomic mass is 35.5. The molecule has 0 amide bonds. The first kappa shape index (κ1) is 17.8. The fraction of sp³-hybridized carbons (Fsp3) is 0.136. The molecule has 1 N–H and O–H groups in total. The number of hydrogen-bond donors (Lipinski definition) is 1. The van der Waals surface area contributed by atoms with E-state index >= 15 is 0 Å². The van der Waals surface area contributed by atoms with E-state index in [1.54, 1.807) is 25.2 Å². The van der Waals surface area contributed by atoms with Crippen LogP contribution in [0, 0.1) is 0 Å². The van der Waals surface area contributed by atoms with Crippen molar-refractivity contribution < 1.29 is 5.11 Å². The van der Waals surface area contributed by atoms with Gasteiger partial charge >= 0.3 is 5.69 Å². The molecule has 0 bridgehead atoms. The van der Waals surface area contributed by atoms with Gasteiger partial charge in [0.15, 0.2) is 5.65 Å². The Morgan fingerprint density at radius 1 is 1.03 bits per heavy atom. The number of hydrogen-bond acceptors (Lipinski definition) is 4. The lowest BCUT2D eigenvalue weighted by Crippen LogP contribution is -2.37. The number of aromatic nitrogens is 3. The molecule has 1 aliphatic rings. The molecule has 0 aliphatic heterocycles. The smallest absolute Gasteiger partial charge is 0.332 e. The topological polar surface area (TPSA) is 77.1 Å². The van der Waals surface area contributed by atoms with Crippen LogP contribution in [-0.2, 0) is 14.1 Å². The third-order valence-electron chi connectivity index (χ3n) is 5.52. The van der Waals surface area contributed by atoms with E-state index in [2.05, 4.69) is 4.98 Å². The van der Waals surface area contributed by atoms with Crippen LogP contribution < -0.4 is 11.2 Å². The normalized spacial score (nSPS) is 14.8. The highest BCUT2D eigenvalue weighted by Crippen LogP contribution is 2.48. The second-order valence-electron chi connectivity index (χ2n) is 7.15. The van der Waals surface area contributed by atoms with Gasteiger partial charge in [0.05, 0.1) is 11.1 Å². The summed E-state index contributed by atoms with van der Waals surface area (Å²) in [5.41, 5.74) is 3.21. The maximum Gasteiger partial charge on any atom is 0.332 e. The maximum atomic E-state index is 13.2. The number of pyridine rings is 1. The molecule has 0 unspecified atom stereocenters. The van der Waals surface area contributed by atoms with E-state index in [0.717, 1.165) is 15.7 Å². The summed E-state index contributed by atoms with van der Waals surface area (Å²) in [4.78, 5) is 30.4. The summed E-state index contributed by atoms with van der Waals surface area (Å²) in [5, 5.41) is 11.9. The summed E-state index contributed by atoms with van der Waals surface area (Å²) >= 11 is 6.23. The fourth-order valence-corrected chi connectivity index (χ4v) is 4.31. The molecular formula is C22H16ClN3O3. The summed E-state index contributed by atoms with van der Waals surface area (Å²) in [6.07, 6.45) is -0.936. The molecule has 29 heavy (non-hydrogen) atoms. The summed E-state index contributed by atoms with van der Waals surface area (Å²) < 4.78 is 2.41. The van der Waals surface area contributed by atoms with Crippen molar-refractivity contribution in [3.63, 3.8) is 0 Å². The van der Waals surface area contributed by atoms with Crippen LogP contribution in [0.3, 0.4) is 0 Å². The molecule has 0 radical (unpaired) electrons. The van der Waals surface area contributed by atoms with Crippen molar-refractivity contribution in [1.82, 2.24) is 14.1 Å². The van der Waals surface area contributed by atoms with Gasteiger partial charge in [0.25, 0.3) is 5.56 Å². The zero-order valence-electron chi connectivity index (χ0n) is 15.7. The minimum Gasteiger partial charge on any atom is -0.384 e. The standard InChI is InChI=1S/C22H16ClN3O3/c1-25-20-17(21(28)26(2)22(25)29)15(11-6-5-7-12(23)10-11)16-18(24-20)13-8-3-4-9-14(13)19(16)27/h3-10,19,27H,1-2H3/t19-/m1/s1. The fourth-order valence-electron chi connectivity index (χ4n) is 4.12. The predicted molar refractivity (Wildman–Crippen MR) is 112 cm³/mol. The van der Waals surface area contributed by atoms with E-state index in [1.165, 1.54) is 11.6 Å². The molecule has 0 saturated heterocycles. The van der Waals surface area contributed by atoms with Gasteiger partial charge in [-0.2, -0.15) is 0 Å². The Labute approximate surface area is 170 Å². The monoisotopic (exact) mass is 405 g/mol. The first-order chi connectivity index (χ1) is 13.9. The Hall–Kier alpha value is -3.22. The summed E-state index contributed by atoms with van der Waals surface area (Å²) in [7, 11) is 3.02. The van der Waals surface area contributed by atoms with Crippen LogP contribution in [0.4, 0.5) is 0 Å². The van der Waals surface area contributed by atoms with Gasteiger partial charge in [-0.25, -0.2) is 9.78 Å². The zero-order valence-corrected chi connectivity index (χ0v) is 16.4. The predicted octanol–water partition coefficient (Wildman–Crippen LogP) is 3.01. The number of fused-ring (bicyclic) bond motifs is 4. The van der Waals surface area contributed by atoms with Gasteiger partial charge in [0.2, 0.25) is 0 Å². The van der Waals surface area contributed by atoms with Crippen molar-refractivity contribution in [2.45, 2.75) is 6.10 Å². The Bertz CT molecular complexity index is 1450. The van der Waals surface area contributed by atoms with Gasteiger partial charge in [-0.1, -0.05) is 48.0 Å². The average molecular weight is 406 g/mol. The Morgan fingerprint density at radius 3 is 2.55 bits per heavy atom. The van der Waals surface area contributed by atoms with Gasteiger partial charge < -0.3 is 5.11 Å². The van der Waals surface area contributed by atoms with E-state index in [0.29, 0.717) is 27.4 Å². The van der Waals surface area contributed by atoms with Crippen molar-refractivity contribution in [3.8, 4) is 22.4 Å². The number of benzene rings is 2. The van der Waals surface area contributed by atoms with E-state index in [1.807, 2.05) is 30.3 Å². The number of aliphatic hydroxyl groups excluding tert-OH is 1. The SMILES string of the molecule is Cn1c(=O)c2c(-c3cccc(Cl)c3)c3c(nc2n(C)c1=O)-c1ccccc1[C@H]3O. The van der Waals surface area contributed by atoms with Crippen molar-refractivity contribution in [1.29, 1.82) is 0 Å². The van der Waals surface area contributed by atoms with Crippen molar-refractivity contribution >= 4 is 22.6 Å². The molecule has 4 aromatic rings. The van der Waals surface area contributed by atoms with Crippen LogP contribution in [0.2, 0.25) is 5.02 Å². The van der Waals surface area contributed by atoms with Crippen LogP contribution >= 0.6 is 11.6 Å². The van der Waals surface area contributed by atoms with Crippen LogP contribution in [0.15, 0.2) is 58.1 Å². The third kappa shape index (κ3) is 2.36. The van der Waals surface area contributed by atoms with Crippen LogP contribution in [0.1, 0.15) is 17.2 Å². The minimum atomic E-state index is -0.936. The number of nitrogens with zero attached hydrogens (tertiary/aromatic N) is 3. The van der Waals surface area contributed by atoms with Gasteiger partial charge in [0.1, 0.15) is 6.10 Å². The lowest BCUT2D eigenvalue weighted by molar-refractivity contribution is 0.225. The van der Waals surface area contributed by atoms with Crippen LogP contribution in [0.5, 0.6) is 0 Å². The number of halogens is 1. The molecule has 2 aromatic carbocycles. The van der Waals surface area contributed by atoms with E-state index in [9.17, 15) is 14.7 Å². The highest BCUT2D eigenvalue weighted by Gasteiger charge is 2.34. The first-order valence-electron chi connectivity index (χ1n) is 9.07. The number of rotatable bonds is 1. The molecule has 0 spiro atoms. The van der Waals surface area contributed by atoms with Gasteiger partial charge in [-0.15, -0.1) is 0 Å². The van der Waals surface area contributed by atoms with Crippen molar-refractivity contribution in [2.24, 2.45) is 14.1 Å². The molecule has 5 rings (SSSR count). The molecule has 2 heterocycles. The highest BCUT2D eigenvalue weighted by molar-refractivity contribution is 6.31. The Balaban J connectivity index is 2.07. The molecule has 2 aromatic heterocycles. The molecule has 0 saturated carbocycles. The minimum absolute atomic E-state index is 0.274. The second-order valence-corrected chi connectivity index (χ2v) is 7.59. The van der Waals surface area contributed by atoms with E-state index < -0.39 is 17.4 Å². The second kappa shape index (κ2) is 6.14. The summed E-state index contributed by atoms with van der Waals surface area (Å²) in [6.45, 7) is 0. The molecule has 0 fully saturated rings. The zero-order chi connectivity index (χ0) is 20.4. The molecular weight excluding hydrogens is 390 g/mol. The van der Waals surface area contributed by atoms with Gasteiger partial charge in [0, 0.05) is 35.8 Å². The molecule has 7 heteroatoms.